The van der Waals surface area contributed by atoms with Gasteiger partial charge in [0.1, 0.15) is 5.82 Å². The van der Waals surface area contributed by atoms with Crippen LogP contribution in [0.1, 0.15) is 18.4 Å². The predicted octanol–water partition coefficient (Wildman–Crippen LogP) is 2.42. The van der Waals surface area contributed by atoms with Gasteiger partial charge in [-0.2, -0.15) is 0 Å². The standard InChI is InChI=1S/C14H19FN2/c1-11-4-5-12(9-14(11)15)17-8-7-16-6-2-3-13(16)10-17/h4-5,9,13H,2-3,6-8,10H2,1H3. The second-order valence-electron chi connectivity index (χ2n) is 5.21. The zero-order chi connectivity index (χ0) is 11.8. The molecule has 2 aliphatic rings. The summed E-state index contributed by atoms with van der Waals surface area (Å²) in [6, 6.07) is 6.29. The van der Waals surface area contributed by atoms with Crippen LogP contribution in [0.15, 0.2) is 18.2 Å². The molecule has 0 aromatic heterocycles. The summed E-state index contributed by atoms with van der Waals surface area (Å²) in [5.74, 6) is -0.0867. The van der Waals surface area contributed by atoms with E-state index >= 15 is 0 Å². The molecule has 1 atom stereocenters. The van der Waals surface area contributed by atoms with Crippen molar-refractivity contribution in [3.8, 4) is 0 Å². The van der Waals surface area contributed by atoms with Gasteiger partial charge in [-0.25, -0.2) is 4.39 Å². The van der Waals surface area contributed by atoms with Crippen molar-refractivity contribution in [2.45, 2.75) is 25.8 Å². The van der Waals surface area contributed by atoms with Crippen LogP contribution in [0.25, 0.3) is 0 Å². The van der Waals surface area contributed by atoms with E-state index in [1.807, 2.05) is 19.1 Å². The van der Waals surface area contributed by atoms with Crippen molar-refractivity contribution >= 4 is 5.69 Å². The van der Waals surface area contributed by atoms with Crippen LogP contribution in [0, 0.1) is 12.7 Å². The van der Waals surface area contributed by atoms with Crippen LogP contribution in [0.2, 0.25) is 0 Å². The third-order valence-electron chi connectivity index (χ3n) is 4.11. The van der Waals surface area contributed by atoms with E-state index in [1.165, 1.54) is 19.4 Å². The molecule has 2 saturated heterocycles. The number of hydrogen-bond donors (Lipinski definition) is 0. The minimum Gasteiger partial charge on any atom is -0.369 e. The molecule has 0 radical (unpaired) electrons. The molecule has 3 heteroatoms. The normalized spacial score (nSPS) is 25.1. The van der Waals surface area contributed by atoms with Crippen LogP contribution in [-0.4, -0.2) is 37.1 Å². The van der Waals surface area contributed by atoms with Crippen LogP contribution >= 0.6 is 0 Å². The van der Waals surface area contributed by atoms with Crippen molar-refractivity contribution in [2.24, 2.45) is 0 Å². The second kappa shape index (κ2) is 4.30. The van der Waals surface area contributed by atoms with Crippen LogP contribution in [0.5, 0.6) is 0 Å². The smallest absolute Gasteiger partial charge is 0.128 e. The minimum absolute atomic E-state index is 0.0867. The highest BCUT2D eigenvalue weighted by molar-refractivity contribution is 5.48. The van der Waals surface area contributed by atoms with Gasteiger partial charge in [0.2, 0.25) is 0 Å². The highest BCUT2D eigenvalue weighted by Crippen LogP contribution is 2.26. The van der Waals surface area contributed by atoms with Crippen molar-refractivity contribution in [1.29, 1.82) is 0 Å². The summed E-state index contributed by atoms with van der Waals surface area (Å²) in [6.45, 7) is 6.27. The van der Waals surface area contributed by atoms with E-state index in [2.05, 4.69) is 9.80 Å². The van der Waals surface area contributed by atoms with Gasteiger partial charge in [-0.3, -0.25) is 4.90 Å². The van der Waals surface area contributed by atoms with Gasteiger partial charge >= 0.3 is 0 Å². The lowest BCUT2D eigenvalue weighted by Crippen LogP contribution is -2.50. The average molecular weight is 234 g/mol. The molecule has 2 heterocycles. The first-order valence-electron chi connectivity index (χ1n) is 6.49. The van der Waals surface area contributed by atoms with Crippen molar-refractivity contribution < 1.29 is 4.39 Å². The predicted molar refractivity (Wildman–Crippen MR) is 67.9 cm³/mol. The van der Waals surface area contributed by atoms with E-state index in [9.17, 15) is 4.39 Å². The average Bonchev–Trinajstić information content (AvgIpc) is 2.79. The molecule has 1 unspecified atom stereocenters. The summed E-state index contributed by atoms with van der Waals surface area (Å²) in [6.07, 6.45) is 2.62. The van der Waals surface area contributed by atoms with Gasteiger partial charge in [0.25, 0.3) is 0 Å². The lowest BCUT2D eigenvalue weighted by Gasteiger charge is -2.38. The number of benzene rings is 1. The molecule has 0 amide bonds. The van der Waals surface area contributed by atoms with Crippen LogP contribution in [-0.2, 0) is 0 Å². The van der Waals surface area contributed by atoms with Gasteiger partial charge < -0.3 is 4.90 Å². The van der Waals surface area contributed by atoms with Gasteiger partial charge in [-0.05, 0) is 44.0 Å². The molecule has 3 rings (SSSR count). The maximum atomic E-state index is 13.6. The molecule has 0 saturated carbocycles. The van der Waals surface area contributed by atoms with Gasteiger partial charge in [0.05, 0.1) is 0 Å². The van der Waals surface area contributed by atoms with Crippen LogP contribution in [0.3, 0.4) is 0 Å². The largest absolute Gasteiger partial charge is 0.369 e. The fraction of sp³-hybridized carbons (Fsp3) is 0.571. The lowest BCUT2D eigenvalue weighted by atomic mass is 10.1. The first kappa shape index (κ1) is 11.0. The van der Waals surface area contributed by atoms with Crippen molar-refractivity contribution in [2.75, 3.05) is 31.1 Å². The zero-order valence-corrected chi connectivity index (χ0v) is 10.3. The Morgan fingerprint density at radius 3 is 2.94 bits per heavy atom. The molecule has 92 valence electrons. The Bertz CT molecular complexity index is 419. The van der Waals surface area contributed by atoms with E-state index in [1.54, 1.807) is 6.07 Å². The molecule has 1 aromatic rings. The number of hydrogen-bond acceptors (Lipinski definition) is 2. The van der Waals surface area contributed by atoms with Gasteiger partial charge in [0.15, 0.2) is 0 Å². The van der Waals surface area contributed by atoms with E-state index in [0.29, 0.717) is 6.04 Å². The minimum atomic E-state index is -0.0867. The van der Waals surface area contributed by atoms with Gasteiger partial charge in [0, 0.05) is 31.4 Å². The number of fused-ring (bicyclic) bond motifs is 1. The molecule has 0 N–H and O–H groups in total. The van der Waals surface area contributed by atoms with Crippen molar-refractivity contribution in [1.82, 2.24) is 4.90 Å². The summed E-state index contributed by atoms with van der Waals surface area (Å²) in [4.78, 5) is 4.90. The zero-order valence-electron chi connectivity index (χ0n) is 10.3. The Morgan fingerprint density at radius 2 is 2.12 bits per heavy atom. The number of piperazine rings is 1. The molecule has 17 heavy (non-hydrogen) atoms. The molecule has 2 fully saturated rings. The Kier molecular flexibility index (Phi) is 2.79. The fourth-order valence-corrected chi connectivity index (χ4v) is 3.00. The second-order valence-corrected chi connectivity index (χ2v) is 5.21. The van der Waals surface area contributed by atoms with Gasteiger partial charge in [-0.1, -0.05) is 6.07 Å². The fourth-order valence-electron chi connectivity index (χ4n) is 3.00. The molecule has 2 nitrogen and oxygen atoms in total. The monoisotopic (exact) mass is 234 g/mol. The molecular weight excluding hydrogens is 215 g/mol. The summed E-state index contributed by atoms with van der Waals surface area (Å²) in [7, 11) is 0. The summed E-state index contributed by atoms with van der Waals surface area (Å²) in [5, 5.41) is 0. The third-order valence-corrected chi connectivity index (χ3v) is 4.11. The molecule has 0 spiro atoms. The highest BCUT2D eigenvalue weighted by Gasteiger charge is 2.30. The van der Waals surface area contributed by atoms with E-state index in [0.717, 1.165) is 30.9 Å². The van der Waals surface area contributed by atoms with E-state index < -0.39 is 0 Å². The van der Waals surface area contributed by atoms with E-state index in [-0.39, 0.29) is 5.82 Å². The molecule has 0 aliphatic carbocycles. The van der Waals surface area contributed by atoms with Crippen LogP contribution in [0.4, 0.5) is 10.1 Å². The molecule has 2 aliphatic heterocycles. The Morgan fingerprint density at radius 1 is 1.24 bits per heavy atom. The number of aryl methyl sites for hydroxylation is 1. The SMILES string of the molecule is Cc1ccc(N2CCN3CCCC3C2)cc1F. The first-order chi connectivity index (χ1) is 8.24. The quantitative estimate of drug-likeness (QED) is 0.736. The maximum Gasteiger partial charge on any atom is 0.128 e. The molecule has 1 aromatic carbocycles. The lowest BCUT2D eigenvalue weighted by molar-refractivity contribution is 0.231. The Hall–Kier alpha value is -1.09. The number of rotatable bonds is 1. The summed E-state index contributed by atoms with van der Waals surface area (Å²) in [5.41, 5.74) is 1.77. The van der Waals surface area contributed by atoms with Gasteiger partial charge in [-0.15, -0.1) is 0 Å². The Balaban J connectivity index is 1.78. The summed E-state index contributed by atoms with van der Waals surface area (Å²) < 4.78 is 13.6. The summed E-state index contributed by atoms with van der Waals surface area (Å²) >= 11 is 0. The van der Waals surface area contributed by atoms with Crippen molar-refractivity contribution in [3.63, 3.8) is 0 Å². The molecule has 0 bridgehead atoms. The number of halogens is 1. The number of nitrogens with zero attached hydrogens (tertiary/aromatic N) is 2. The van der Waals surface area contributed by atoms with Crippen molar-refractivity contribution in [3.05, 3.63) is 29.6 Å². The maximum absolute atomic E-state index is 13.6. The topological polar surface area (TPSA) is 6.48 Å². The van der Waals surface area contributed by atoms with Crippen LogP contribution < -0.4 is 4.90 Å². The number of anilines is 1. The Labute approximate surface area is 102 Å². The van der Waals surface area contributed by atoms with E-state index in [4.69, 9.17) is 0 Å². The molecular formula is C14H19FN2. The first-order valence-corrected chi connectivity index (χ1v) is 6.49. The third kappa shape index (κ3) is 2.04. The highest BCUT2D eigenvalue weighted by atomic mass is 19.1.